The molecule has 1 heterocycles. The van der Waals surface area contributed by atoms with Crippen LogP contribution in [-0.2, 0) is 13.2 Å². The third kappa shape index (κ3) is 3.00. The Hall–Kier alpha value is -1.58. The van der Waals surface area contributed by atoms with E-state index < -0.39 is 0 Å². The number of aliphatic hydroxyl groups is 1. The van der Waals surface area contributed by atoms with E-state index in [1.165, 1.54) is 0 Å². The van der Waals surface area contributed by atoms with E-state index in [9.17, 15) is 5.11 Å². The predicted octanol–water partition coefficient (Wildman–Crippen LogP) is 2.86. The van der Waals surface area contributed by atoms with Gasteiger partial charge in [0.05, 0.1) is 18.5 Å². The molecular weight excluding hydrogens is 248 g/mol. The molecule has 1 aromatic heterocycles. The summed E-state index contributed by atoms with van der Waals surface area (Å²) in [4.78, 5) is 6.15. The first-order chi connectivity index (χ1) is 8.70. The Bertz CT molecular complexity index is 513. The standard InChI is InChI=1S/C14H15ClN2O/c1-17(9-11-2-4-13(15)5-3-11)14-8-16-7-6-12(14)10-18/h2-8,18H,9-10H2,1H3. The summed E-state index contributed by atoms with van der Waals surface area (Å²) in [6.07, 6.45) is 3.45. The molecule has 2 aromatic rings. The lowest BCUT2D eigenvalue weighted by molar-refractivity contribution is 0.282. The largest absolute Gasteiger partial charge is 0.392 e. The highest BCUT2D eigenvalue weighted by molar-refractivity contribution is 6.30. The second-order valence-corrected chi connectivity index (χ2v) is 4.58. The monoisotopic (exact) mass is 262 g/mol. The molecule has 94 valence electrons. The summed E-state index contributed by atoms with van der Waals surface area (Å²) in [7, 11) is 1.98. The first-order valence-electron chi connectivity index (χ1n) is 5.70. The summed E-state index contributed by atoms with van der Waals surface area (Å²) >= 11 is 5.86. The van der Waals surface area contributed by atoms with Crippen molar-refractivity contribution in [3.63, 3.8) is 0 Å². The highest BCUT2D eigenvalue weighted by atomic mass is 35.5. The lowest BCUT2D eigenvalue weighted by atomic mass is 10.2. The van der Waals surface area contributed by atoms with E-state index in [1.807, 2.05) is 37.4 Å². The predicted molar refractivity (Wildman–Crippen MR) is 73.7 cm³/mol. The van der Waals surface area contributed by atoms with Crippen LogP contribution in [0.3, 0.4) is 0 Å². The van der Waals surface area contributed by atoms with Crippen molar-refractivity contribution in [2.75, 3.05) is 11.9 Å². The van der Waals surface area contributed by atoms with Crippen LogP contribution in [0.5, 0.6) is 0 Å². The van der Waals surface area contributed by atoms with E-state index in [1.54, 1.807) is 12.4 Å². The first-order valence-corrected chi connectivity index (χ1v) is 6.08. The molecule has 3 nitrogen and oxygen atoms in total. The number of halogens is 1. The van der Waals surface area contributed by atoms with Gasteiger partial charge in [0.2, 0.25) is 0 Å². The molecule has 0 fully saturated rings. The van der Waals surface area contributed by atoms with Crippen molar-refractivity contribution in [3.05, 3.63) is 58.9 Å². The second kappa shape index (κ2) is 5.85. The van der Waals surface area contributed by atoms with Crippen LogP contribution in [-0.4, -0.2) is 17.1 Å². The van der Waals surface area contributed by atoms with Crippen LogP contribution in [0, 0.1) is 0 Å². The zero-order valence-electron chi connectivity index (χ0n) is 10.2. The molecule has 0 radical (unpaired) electrons. The normalized spacial score (nSPS) is 10.4. The van der Waals surface area contributed by atoms with Crippen LogP contribution in [0.4, 0.5) is 5.69 Å². The lowest BCUT2D eigenvalue weighted by Crippen LogP contribution is -2.18. The summed E-state index contributed by atoms with van der Waals surface area (Å²) in [5.41, 5.74) is 2.98. The average Bonchev–Trinajstić information content (AvgIpc) is 2.41. The fourth-order valence-electron chi connectivity index (χ4n) is 1.84. The highest BCUT2D eigenvalue weighted by Gasteiger charge is 2.07. The number of nitrogens with zero attached hydrogens (tertiary/aromatic N) is 2. The maximum atomic E-state index is 9.30. The van der Waals surface area contributed by atoms with Gasteiger partial charge in [0.25, 0.3) is 0 Å². The number of hydrogen-bond donors (Lipinski definition) is 1. The Labute approximate surface area is 112 Å². The fourth-order valence-corrected chi connectivity index (χ4v) is 1.97. The van der Waals surface area contributed by atoms with Gasteiger partial charge in [-0.25, -0.2) is 0 Å². The van der Waals surface area contributed by atoms with Crippen LogP contribution in [0.1, 0.15) is 11.1 Å². The van der Waals surface area contributed by atoms with Crippen molar-refractivity contribution >= 4 is 17.3 Å². The van der Waals surface area contributed by atoms with Crippen LogP contribution >= 0.6 is 11.6 Å². The van der Waals surface area contributed by atoms with Gasteiger partial charge in [-0.1, -0.05) is 23.7 Å². The molecule has 0 aliphatic carbocycles. The number of benzene rings is 1. The fraction of sp³-hybridized carbons (Fsp3) is 0.214. The number of hydrogen-bond acceptors (Lipinski definition) is 3. The molecule has 0 unspecified atom stereocenters. The molecule has 0 spiro atoms. The number of anilines is 1. The molecule has 0 saturated carbocycles. The molecular formula is C14H15ClN2O. The topological polar surface area (TPSA) is 36.4 Å². The highest BCUT2D eigenvalue weighted by Crippen LogP contribution is 2.20. The number of pyridine rings is 1. The molecule has 1 aromatic carbocycles. The second-order valence-electron chi connectivity index (χ2n) is 4.15. The van der Waals surface area contributed by atoms with Crippen LogP contribution in [0.2, 0.25) is 5.02 Å². The molecule has 0 bridgehead atoms. The van der Waals surface area contributed by atoms with Crippen molar-refractivity contribution < 1.29 is 5.11 Å². The molecule has 4 heteroatoms. The van der Waals surface area contributed by atoms with Gasteiger partial charge in [-0.2, -0.15) is 0 Å². The minimum atomic E-state index is 0.0167. The minimum Gasteiger partial charge on any atom is -0.392 e. The van der Waals surface area contributed by atoms with Crippen LogP contribution in [0.25, 0.3) is 0 Å². The lowest BCUT2D eigenvalue weighted by Gasteiger charge is -2.21. The van der Waals surface area contributed by atoms with E-state index in [-0.39, 0.29) is 6.61 Å². The van der Waals surface area contributed by atoms with Crippen molar-refractivity contribution in [3.8, 4) is 0 Å². The van der Waals surface area contributed by atoms with Crippen LogP contribution < -0.4 is 4.90 Å². The number of aliphatic hydroxyl groups excluding tert-OH is 1. The smallest absolute Gasteiger partial charge is 0.0703 e. The van der Waals surface area contributed by atoms with Crippen molar-refractivity contribution in [2.45, 2.75) is 13.2 Å². The van der Waals surface area contributed by atoms with E-state index in [2.05, 4.69) is 9.88 Å². The van der Waals surface area contributed by atoms with Crippen molar-refractivity contribution in [2.24, 2.45) is 0 Å². The van der Waals surface area contributed by atoms with Crippen LogP contribution in [0.15, 0.2) is 42.7 Å². The number of aromatic nitrogens is 1. The molecule has 0 atom stereocenters. The van der Waals surface area contributed by atoms with Gasteiger partial charge < -0.3 is 10.0 Å². The third-order valence-electron chi connectivity index (χ3n) is 2.80. The first kappa shape index (κ1) is 12.9. The van der Waals surface area contributed by atoms with Gasteiger partial charge in [-0.05, 0) is 23.8 Å². The van der Waals surface area contributed by atoms with Gasteiger partial charge in [0.1, 0.15) is 0 Å². The minimum absolute atomic E-state index is 0.0167. The molecule has 1 N–H and O–H groups in total. The molecule has 18 heavy (non-hydrogen) atoms. The molecule has 0 aliphatic rings. The SMILES string of the molecule is CN(Cc1ccc(Cl)cc1)c1cnccc1CO. The summed E-state index contributed by atoms with van der Waals surface area (Å²) in [5, 5.41) is 10.0. The van der Waals surface area contributed by atoms with Gasteiger partial charge in [0.15, 0.2) is 0 Å². The zero-order chi connectivity index (χ0) is 13.0. The van der Waals surface area contributed by atoms with Crippen molar-refractivity contribution in [1.29, 1.82) is 0 Å². The molecule has 0 amide bonds. The molecule has 2 rings (SSSR count). The Morgan fingerprint density at radius 1 is 1.22 bits per heavy atom. The van der Waals surface area contributed by atoms with E-state index in [0.717, 1.165) is 28.4 Å². The maximum absolute atomic E-state index is 9.30. The third-order valence-corrected chi connectivity index (χ3v) is 3.05. The van der Waals surface area contributed by atoms with E-state index >= 15 is 0 Å². The summed E-state index contributed by atoms with van der Waals surface area (Å²) in [6.45, 7) is 0.763. The summed E-state index contributed by atoms with van der Waals surface area (Å²) in [6, 6.07) is 9.57. The van der Waals surface area contributed by atoms with Gasteiger partial charge in [0, 0.05) is 30.4 Å². The number of rotatable bonds is 4. The Morgan fingerprint density at radius 2 is 1.94 bits per heavy atom. The summed E-state index contributed by atoms with van der Waals surface area (Å²) in [5.74, 6) is 0. The maximum Gasteiger partial charge on any atom is 0.0703 e. The average molecular weight is 263 g/mol. The van der Waals surface area contributed by atoms with Crippen molar-refractivity contribution in [1.82, 2.24) is 4.98 Å². The molecule has 0 saturated heterocycles. The van der Waals surface area contributed by atoms with E-state index in [0.29, 0.717) is 0 Å². The molecule has 0 aliphatic heterocycles. The van der Waals surface area contributed by atoms with Gasteiger partial charge in [-0.15, -0.1) is 0 Å². The van der Waals surface area contributed by atoms with E-state index in [4.69, 9.17) is 11.6 Å². The Morgan fingerprint density at radius 3 is 2.61 bits per heavy atom. The Kier molecular flexibility index (Phi) is 4.18. The zero-order valence-corrected chi connectivity index (χ0v) is 10.9. The summed E-state index contributed by atoms with van der Waals surface area (Å²) < 4.78 is 0. The van der Waals surface area contributed by atoms with Gasteiger partial charge >= 0.3 is 0 Å². The Balaban J connectivity index is 2.16. The van der Waals surface area contributed by atoms with Gasteiger partial charge in [-0.3, -0.25) is 4.98 Å². The quantitative estimate of drug-likeness (QED) is 0.921.